The van der Waals surface area contributed by atoms with Crippen molar-refractivity contribution in [2.45, 2.75) is 64.0 Å². The molecule has 2 rings (SSSR count). The first-order chi connectivity index (χ1) is 10.5. The summed E-state index contributed by atoms with van der Waals surface area (Å²) < 4.78 is 0. The van der Waals surface area contributed by atoms with Crippen molar-refractivity contribution >= 4 is 11.8 Å². The number of rotatable bonds is 5. The van der Waals surface area contributed by atoms with Crippen LogP contribution in [0.4, 0.5) is 0 Å². The van der Waals surface area contributed by atoms with E-state index in [1.165, 1.54) is 19.3 Å². The summed E-state index contributed by atoms with van der Waals surface area (Å²) in [6, 6.07) is -0.536. The van der Waals surface area contributed by atoms with Crippen molar-refractivity contribution in [3.63, 3.8) is 0 Å². The smallest absolute Gasteiger partial charge is 0.245 e. The van der Waals surface area contributed by atoms with Gasteiger partial charge in [-0.05, 0) is 52.6 Å². The molecule has 0 radical (unpaired) electrons. The van der Waals surface area contributed by atoms with Crippen LogP contribution in [0.5, 0.6) is 0 Å². The van der Waals surface area contributed by atoms with Gasteiger partial charge in [-0.3, -0.25) is 14.5 Å². The molecule has 0 spiro atoms. The van der Waals surface area contributed by atoms with Crippen molar-refractivity contribution in [2.24, 2.45) is 5.92 Å². The lowest BCUT2D eigenvalue weighted by Crippen LogP contribution is -2.55. The number of nitrogens with one attached hydrogen (secondary N) is 1. The largest absolute Gasteiger partial charge is 0.343 e. The summed E-state index contributed by atoms with van der Waals surface area (Å²) in [5.74, 6) is 0.414. The van der Waals surface area contributed by atoms with Gasteiger partial charge in [0.2, 0.25) is 11.8 Å². The van der Waals surface area contributed by atoms with Gasteiger partial charge in [-0.1, -0.05) is 19.3 Å². The monoisotopic (exact) mass is 309 g/mol. The molecule has 0 aromatic rings. The fourth-order valence-electron chi connectivity index (χ4n) is 3.49. The highest BCUT2D eigenvalue weighted by Gasteiger charge is 2.35. The normalized spacial score (nSPS) is 22.6. The Morgan fingerprint density at radius 3 is 2.18 bits per heavy atom. The Balaban J connectivity index is 2.06. The highest BCUT2D eigenvalue weighted by atomic mass is 16.2. The van der Waals surface area contributed by atoms with E-state index < -0.39 is 0 Å². The summed E-state index contributed by atoms with van der Waals surface area (Å²) in [7, 11) is 3.78. The molecule has 2 fully saturated rings. The summed E-state index contributed by atoms with van der Waals surface area (Å²) in [4.78, 5) is 29.1. The Labute approximate surface area is 134 Å². The van der Waals surface area contributed by atoms with Gasteiger partial charge in [-0.2, -0.15) is 0 Å². The van der Waals surface area contributed by atoms with Gasteiger partial charge in [0.05, 0.1) is 6.04 Å². The average molecular weight is 309 g/mol. The van der Waals surface area contributed by atoms with E-state index in [2.05, 4.69) is 5.32 Å². The highest BCUT2D eigenvalue weighted by molar-refractivity contribution is 5.90. The number of hydrogen-bond donors (Lipinski definition) is 1. The van der Waals surface area contributed by atoms with Crippen LogP contribution < -0.4 is 5.32 Å². The molecule has 1 aliphatic heterocycles. The third-order valence-corrected chi connectivity index (χ3v) is 5.26. The summed E-state index contributed by atoms with van der Waals surface area (Å²) in [6.07, 6.45) is 7.89. The van der Waals surface area contributed by atoms with E-state index in [1.807, 2.05) is 30.8 Å². The number of carbonyl (C=O) groups is 2. The van der Waals surface area contributed by atoms with Gasteiger partial charge in [-0.15, -0.1) is 0 Å². The number of hydrogen-bond acceptors (Lipinski definition) is 3. The fraction of sp³-hybridized carbons (Fsp3) is 0.882. The zero-order valence-corrected chi connectivity index (χ0v) is 14.3. The van der Waals surface area contributed by atoms with Gasteiger partial charge < -0.3 is 10.2 Å². The maximum Gasteiger partial charge on any atom is 0.245 e. The van der Waals surface area contributed by atoms with Gasteiger partial charge in [-0.25, -0.2) is 0 Å². The van der Waals surface area contributed by atoms with Crippen molar-refractivity contribution in [3.8, 4) is 0 Å². The number of likely N-dealkylation sites (tertiary alicyclic amines) is 1. The summed E-state index contributed by atoms with van der Waals surface area (Å²) in [5.41, 5.74) is 0. The molecule has 1 saturated carbocycles. The predicted molar refractivity (Wildman–Crippen MR) is 87.5 cm³/mol. The molecule has 5 heteroatoms. The topological polar surface area (TPSA) is 52.7 Å². The van der Waals surface area contributed by atoms with Crippen LogP contribution in [0, 0.1) is 5.92 Å². The quantitative estimate of drug-likeness (QED) is 0.840. The molecule has 0 bridgehead atoms. The van der Waals surface area contributed by atoms with E-state index >= 15 is 0 Å². The second-order valence-electron chi connectivity index (χ2n) is 7.06. The van der Waals surface area contributed by atoms with Crippen LogP contribution in [-0.2, 0) is 9.59 Å². The van der Waals surface area contributed by atoms with Gasteiger partial charge in [0.15, 0.2) is 0 Å². The summed E-state index contributed by atoms with van der Waals surface area (Å²) in [6.45, 7) is 3.58. The Bertz CT molecular complexity index is 385. The van der Waals surface area contributed by atoms with Crippen LogP contribution in [0.25, 0.3) is 0 Å². The molecule has 1 aliphatic carbocycles. The van der Waals surface area contributed by atoms with Gasteiger partial charge in [0.1, 0.15) is 6.04 Å². The minimum absolute atomic E-state index is 0.0341. The maximum absolute atomic E-state index is 12.9. The molecule has 5 nitrogen and oxygen atoms in total. The highest BCUT2D eigenvalue weighted by Crippen LogP contribution is 2.28. The predicted octanol–water partition coefficient (Wildman–Crippen LogP) is 1.62. The van der Waals surface area contributed by atoms with Gasteiger partial charge >= 0.3 is 0 Å². The summed E-state index contributed by atoms with van der Waals surface area (Å²) in [5, 5.41) is 3.07. The first-order valence-electron chi connectivity index (χ1n) is 8.76. The van der Waals surface area contributed by atoms with Crippen molar-refractivity contribution in [1.29, 1.82) is 0 Å². The first kappa shape index (κ1) is 17.3. The van der Waals surface area contributed by atoms with Crippen LogP contribution in [0.1, 0.15) is 51.9 Å². The Morgan fingerprint density at radius 2 is 1.64 bits per heavy atom. The Kier molecular flexibility index (Phi) is 6.24. The van der Waals surface area contributed by atoms with E-state index in [-0.39, 0.29) is 23.9 Å². The van der Waals surface area contributed by atoms with Gasteiger partial charge in [0.25, 0.3) is 0 Å². The lowest BCUT2D eigenvalue weighted by Gasteiger charge is -2.34. The molecule has 1 N–H and O–H groups in total. The number of carbonyl (C=O) groups excluding carboxylic acids is 2. The molecule has 2 unspecified atom stereocenters. The molecule has 1 heterocycles. The molecule has 1 saturated heterocycles. The van der Waals surface area contributed by atoms with E-state index in [0.717, 1.165) is 38.8 Å². The van der Waals surface area contributed by atoms with Crippen LogP contribution in [0.2, 0.25) is 0 Å². The van der Waals surface area contributed by atoms with Crippen LogP contribution in [-0.4, -0.2) is 60.9 Å². The van der Waals surface area contributed by atoms with Crippen LogP contribution in [0.15, 0.2) is 0 Å². The summed E-state index contributed by atoms with van der Waals surface area (Å²) >= 11 is 0. The maximum atomic E-state index is 12.9. The number of amides is 2. The van der Waals surface area contributed by atoms with Crippen molar-refractivity contribution in [3.05, 3.63) is 0 Å². The fourth-order valence-corrected chi connectivity index (χ4v) is 3.49. The second kappa shape index (κ2) is 7.95. The van der Waals surface area contributed by atoms with Crippen molar-refractivity contribution in [2.75, 3.05) is 27.2 Å². The lowest BCUT2D eigenvalue weighted by atomic mass is 9.83. The molecule has 2 amide bonds. The molecule has 2 atom stereocenters. The third kappa shape index (κ3) is 4.22. The first-order valence-corrected chi connectivity index (χ1v) is 8.76. The van der Waals surface area contributed by atoms with E-state index in [9.17, 15) is 9.59 Å². The molecule has 126 valence electrons. The van der Waals surface area contributed by atoms with E-state index in [1.54, 1.807) is 0 Å². The standard InChI is InChI=1S/C17H31N3O2/c1-13(19(2)3)16(21)18-15(14-9-5-4-6-10-14)17(22)20-11-7-8-12-20/h13-15H,4-12H2,1-3H3,(H,18,21). The molecule has 0 aromatic carbocycles. The van der Waals surface area contributed by atoms with Gasteiger partial charge in [0, 0.05) is 13.1 Å². The number of nitrogens with zero attached hydrogens (tertiary/aromatic N) is 2. The minimum atomic E-state index is -0.326. The molecule has 22 heavy (non-hydrogen) atoms. The van der Waals surface area contributed by atoms with Crippen LogP contribution in [0.3, 0.4) is 0 Å². The van der Waals surface area contributed by atoms with Crippen molar-refractivity contribution < 1.29 is 9.59 Å². The lowest BCUT2D eigenvalue weighted by molar-refractivity contribution is -0.138. The zero-order valence-electron chi connectivity index (χ0n) is 14.3. The van der Waals surface area contributed by atoms with Crippen molar-refractivity contribution in [1.82, 2.24) is 15.1 Å². The average Bonchev–Trinajstić information content (AvgIpc) is 3.06. The zero-order chi connectivity index (χ0) is 16.1. The van der Waals surface area contributed by atoms with E-state index in [0.29, 0.717) is 5.92 Å². The molecular weight excluding hydrogens is 278 g/mol. The molecule has 2 aliphatic rings. The SMILES string of the molecule is CC(C(=O)NC(C(=O)N1CCCC1)C1CCCCC1)N(C)C. The number of likely N-dealkylation sites (N-methyl/N-ethyl adjacent to an activating group) is 1. The van der Waals surface area contributed by atoms with E-state index in [4.69, 9.17) is 0 Å². The molecular formula is C17H31N3O2. The third-order valence-electron chi connectivity index (χ3n) is 5.26. The minimum Gasteiger partial charge on any atom is -0.343 e. The Morgan fingerprint density at radius 1 is 1.05 bits per heavy atom. The van der Waals surface area contributed by atoms with Crippen LogP contribution >= 0.6 is 0 Å². The Hall–Kier alpha value is -1.10. The second-order valence-corrected chi connectivity index (χ2v) is 7.06. The molecule has 0 aromatic heterocycles.